The molecule has 2 unspecified atom stereocenters. The first kappa shape index (κ1) is 19.7. The van der Waals surface area contributed by atoms with Gasteiger partial charge in [-0.15, -0.1) is 0 Å². The van der Waals surface area contributed by atoms with Crippen LogP contribution in [0.2, 0.25) is 0 Å². The molecule has 8 heteroatoms. The van der Waals surface area contributed by atoms with Crippen LogP contribution in [0.4, 0.5) is 10.2 Å². The quantitative estimate of drug-likeness (QED) is 0.387. The highest BCUT2D eigenvalue weighted by molar-refractivity contribution is 5.80. The van der Waals surface area contributed by atoms with Crippen LogP contribution < -0.4 is 16.4 Å². The first-order chi connectivity index (χ1) is 13.5. The predicted octanol–water partition coefficient (Wildman–Crippen LogP) is 2.36. The van der Waals surface area contributed by atoms with Crippen LogP contribution in [0.5, 0.6) is 0 Å². The summed E-state index contributed by atoms with van der Waals surface area (Å²) in [5, 5.41) is 20.6. The number of nitrogens with one attached hydrogen (secondary N) is 2. The van der Waals surface area contributed by atoms with Gasteiger partial charge in [0.2, 0.25) is 0 Å². The van der Waals surface area contributed by atoms with Gasteiger partial charge in [-0.05, 0) is 56.4 Å². The zero-order chi connectivity index (χ0) is 20.1. The fourth-order valence-electron chi connectivity index (χ4n) is 3.01. The van der Waals surface area contributed by atoms with Crippen molar-refractivity contribution in [3.63, 3.8) is 0 Å². The molecular weight excluding hydrogens is 357 g/mol. The maximum atomic E-state index is 13.1. The van der Waals surface area contributed by atoms with E-state index in [-0.39, 0.29) is 11.6 Å². The number of aromatic nitrogens is 2. The number of rotatable bonds is 7. The SMILES string of the molecule is CCNC(=NCCCc1nn(-c2ccc(F)cc2)c(N)c1C#N)NC1CC1C. The summed E-state index contributed by atoms with van der Waals surface area (Å²) in [6.45, 7) is 5.68. The van der Waals surface area contributed by atoms with E-state index >= 15 is 0 Å². The molecule has 2 aromatic rings. The van der Waals surface area contributed by atoms with Gasteiger partial charge < -0.3 is 16.4 Å². The van der Waals surface area contributed by atoms with E-state index in [9.17, 15) is 9.65 Å². The molecule has 2 atom stereocenters. The minimum absolute atomic E-state index is 0.269. The number of anilines is 1. The van der Waals surface area contributed by atoms with Crippen LogP contribution in [-0.2, 0) is 6.42 Å². The van der Waals surface area contributed by atoms with Crippen molar-refractivity contribution in [1.29, 1.82) is 5.26 Å². The standard InChI is InChI=1S/C20H26FN7/c1-3-24-20(26-18-11-13(18)2)25-10-4-5-17-16(12-22)19(23)28(27-17)15-8-6-14(21)7-9-15/h6-9,13,18H,3-5,10-11,23H2,1-2H3,(H2,24,25,26). The van der Waals surface area contributed by atoms with Crippen LogP contribution in [-0.4, -0.2) is 34.9 Å². The van der Waals surface area contributed by atoms with Gasteiger partial charge in [0.05, 0.1) is 11.4 Å². The van der Waals surface area contributed by atoms with E-state index in [0.717, 1.165) is 18.9 Å². The number of nitrogens with zero attached hydrogens (tertiary/aromatic N) is 4. The van der Waals surface area contributed by atoms with Crippen LogP contribution >= 0.6 is 0 Å². The van der Waals surface area contributed by atoms with Crippen molar-refractivity contribution in [1.82, 2.24) is 20.4 Å². The lowest BCUT2D eigenvalue weighted by atomic mass is 10.1. The monoisotopic (exact) mass is 383 g/mol. The zero-order valence-electron chi connectivity index (χ0n) is 16.2. The third-order valence-electron chi connectivity index (χ3n) is 4.79. The Bertz CT molecular complexity index is 879. The van der Waals surface area contributed by atoms with Gasteiger partial charge in [-0.3, -0.25) is 4.99 Å². The number of nitriles is 1. The maximum Gasteiger partial charge on any atom is 0.191 e. The fourth-order valence-corrected chi connectivity index (χ4v) is 3.01. The Morgan fingerprint density at radius 1 is 1.43 bits per heavy atom. The summed E-state index contributed by atoms with van der Waals surface area (Å²) in [4.78, 5) is 4.60. The first-order valence-electron chi connectivity index (χ1n) is 9.61. The molecule has 0 bridgehead atoms. The average molecular weight is 383 g/mol. The summed E-state index contributed by atoms with van der Waals surface area (Å²) in [5.41, 5.74) is 7.71. The molecule has 1 aliphatic carbocycles. The lowest BCUT2D eigenvalue weighted by molar-refractivity contribution is 0.627. The Kier molecular flexibility index (Phi) is 6.14. The largest absolute Gasteiger partial charge is 0.382 e. The number of guanidine groups is 1. The molecule has 1 aromatic carbocycles. The highest BCUT2D eigenvalue weighted by Gasteiger charge is 2.33. The molecule has 3 rings (SSSR count). The minimum Gasteiger partial charge on any atom is -0.382 e. The molecule has 4 N–H and O–H groups in total. The number of halogens is 1. The zero-order valence-corrected chi connectivity index (χ0v) is 16.2. The minimum atomic E-state index is -0.334. The van der Waals surface area contributed by atoms with E-state index in [2.05, 4.69) is 33.7 Å². The van der Waals surface area contributed by atoms with Gasteiger partial charge in [0, 0.05) is 19.1 Å². The van der Waals surface area contributed by atoms with E-state index in [0.29, 0.717) is 41.9 Å². The molecular formula is C20H26FN7. The van der Waals surface area contributed by atoms with Crippen molar-refractivity contribution in [2.45, 2.75) is 39.2 Å². The lowest BCUT2D eigenvalue weighted by Crippen LogP contribution is -2.39. The Morgan fingerprint density at radius 2 is 2.14 bits per heavy atom. The molecule has 1 aliphatic rings. The van der Waals surface area contributed by atoms with Crippen LogP contribution in [0, 0.1) is 23.1 Å². The van der Waals surface area contributed by atoms with Crippen molar-refractivity contribution in [3.8, 4) is 11.8 Å². The molecule has 148 valence electrons. The summed E-state index contributed by atoms with van der Waals surface area (Å²) in [6, 6.07) is 8.49. The number of nitrogen functional groups attached to an aromatic ring is 1. The molecule has 0 radical (unpaired) electrons. The molecule has 0 spiro atoms. The Labute approximate surface area is 164 Å². The Balaban J connectivity index is 1.65. The second-order valence-corrected chi connectivity index (χ2v) is 7.03. The van der Waals surface area contributed by atoms with E-state index in [1.165, 1.54) is 23.2 Å². The van der Waals surface area contributed by atoms with Gasteiger partial charge in [-0.1, -0.05) is 6.92 Å². The second-order valence-electron chi connectivity index (χ2n) is 7.03. The summed E-state index contributed by atoms with van der Waals surface area (Å²) >= 11 is 0. The van der Waals surface area contributed by atoms with Gasteiger partial charge in [0.1, 0.15) is 23.3 Å². The summed E-state index contributed by atoms with van der Waals surface area (Å²) in [7, 11) is 0. The van der Waals surface area contributed by atoms with Crippen LogP contribution in [0.3, 0.4) is 0 Å². The van der Waals surface area contributed by atoms with Gasteiger partial charge in [0.15, 0.2) is 5.96 Å². The molecule has 1 aromatic heterocycles. The molecule has 1 heterocycles. The van der Waals surface area contributed by atoms with E-state index in [1.807, 2.05) is 6.92 Å². The highest BCUT2D eigenvalue weighted by atomic mass is 19.1. The highest BCUT2D eigenvalue weighted by Crippen LogP contribution is 2.28. The van der Waals surface area contributed by atoms with Gasteiger partial charge in [-0.25, -0.2) is 9.07 Å². The van der Waals surface area contributed by atoms with Crippen LogP contribution in [0.25, 0.3) is 5.69 Å². The van der Waals surface area contributed by atoms with Crippen molar-refractivity contribution in [2.75, 3.05) is 18.8 Å². The molecule has 7 nitrogen and oxygen atoms in total. The summed E-state index contributed by atoms with van der Waals surface area (Å²) in [5.74, 6) is 1.46. The van der Waals surface area contributed by atoms with Crippen LogP contribution in [0.15, 0.2) is 29.3 Å². The van der Waals surface area contributed by atoms with Crippen molar-refractivity contribution < 1.29 is 4.39 Å². The smallest absolute Gasteiger partial charge is 0.191 e. The third kappa shape index (κ3) is 4.60. The Hall–Kier alpha value is -3.08. The summed E-state index contributed by atoms with van der Waals surface area (Å²) < 4.78 is 14.6. The molecule has 0 amide bonds. The van der Waals surface area contributed by atoms with Gasteiger partial charge >= 0.3 is 0 Å². The Morgan fingerprint density at radius 3 is 2.75 bits per heavy atom. The average Bonchev–Trinajstić information content (AvgIpc) is 3.27. The van der Waals surface area contributed by atoms with Gasteiger partial charge in [-0.2, -0.15) is 10.4 Å². The molecule has 0 saturated heterocycles. The van der Waals surface area contributed by atoms with E-state index in [1.54, 1.807) is 12.1 Å². The lowest BCUT2D eigenvalue weighted by Gasteiger charge is -2.10. The second kappa shape index (κ2) is 8.74. The molecule has 1 fully saturated rings. The van der Waals surface area contributed by atoms with E-state index in [4.69, 9.17) is 5.73 Å². The fraction of sp³-hybridized carbons (Fsp3) is 0.450. The number of aryl methyl sites for hydroxylation is 1. The van der Waals surface area contributed by atoms with Gasteiger partial charge in [0.25, 0.3) is 0 Å². The summed E-state index contributed by atoms with van der Waals surface area (Å²) in [6.07, 6.45) is 2.51. The first-order valence-corrected chi connectivity index (χ1v) is 9.61. The number of hydrogen-bond acceptors (Lipinski definition) is 4. The molecule has 0 aliphatic heterocycles. The van der Waals surface area contributed by atoms with Crippen molar-refractivity contribution in [3.05, 3.63) is 41.3 Å². The van der Waals surface area contributed by atoms with Crippen molar-refractivity contribution >= 4 is 11.8 Å². The van der Waals surface area contributed by atoms with Crippen molar-refractivity contribution in [2.24, 2.45) is 10.9 Å². The predicted molar refractivity (Wildman–Crippen MR) is 108 cm³/mol. The number of nitrogens with two attached hydrogens (primary N) is 1. The number of benzene rings is 1. The number of aliphatic imine (C=N–C) groups is 1. The van der Waals surface area contributed by atoms with Crippen LogP contribution in [0.1, 0.15) is 37.9 Å². The third-order valence-corrected chi connectivity index (χ3v) is 4.79. The maximum absolute atomic E-state index is 13.1. The topological polar surface area (TPSA) is 104 Å². The normalized spacial score (nSPS) is 18.6. The van der Waals surface area contributed by atoms with E-state index < -0.39 is 0 Å². The number of hydrogen-bond donors (Lipinski definition) is 3. The molecule has 28 heavy (non-hydrogen) atoms. The molecule has 1 saturated carbocycles.